The molecule has 6 heterocycles. The predicted molar refractivity (Wildman–Crippen MR) is 284 cm³/mol. The van der Waals surface area contributed by atoms with Gasteiger partial charge in [0, 0.05) is 38.5 Å². The first kappa shape index (κ1) is 40.9. The lowest BCUT2D eigenvalue weighted by Gasteiger charge is -2.32. The van der Waals surface area contributed by atoms with E-state index in [1.54, 1.807) is 0 Å². The van der Waals surface area contributed by atoms with Crippen molar-refractivity contribution in [2.24, 2.45) is 0 Å². The van der Waals surface area contributed by atoms with Crippen LogP contribution in [0, 0.1) is 6.92 Å². The summed E-state index contributed by atoms with van der Waals surface area (Å²) in [5.74, 6) is 1.16. The number of aromatic nitrogens is 4. The van der Waals surface area contributed by atoms with E-state index in [1.807, 2.05) is 0 Å². The van der Waals surface area contributed by atoms with Crippen LogP contribution in [-0.2, 0) is 11.8 Å². The van der Waals surface area contributed by atoms with Gasteiger partial charge in [-0.25, -0.2) is 0 Å². The van der Waals surface area contributed by atoms with Gasteiger partial charge in [-0.1, -0.05) is 131 Å². The van der Waals surface area contributed by atoms with E-state index < -0.39 is 8.07 Å². The van der Waals surface area contributed by atoms with E-state index in [2.05, 4.69) is 230 Å². The summed E-state index contributed by atoms with van der Waals surface area (Å²) < 4.78 is 17.3. The number of allylic oxidation sites excluding steroid dienone is 1. The van der Waals surface area contributed by atoms with Gasteiger partial charge in [-0.15, -0.1) is 0 Å². The molecule has 5 nitrogen and oxygen atoms in total. The highest BCUT2D eigenvalue weighted by Gasteiger charge is 2.49. The second-order valence-electron chi connectivity index (χ2n) is 21.5. The number of benzene rings is 7. The molecule has 7 aromatic carbocycles. The van der Waals surface area contributed by atoms with Crippen molar-refractivity contribution in [3.05, 3.63) is 193 Å². The Morgan fingerprint density at radius 1 is 0.676 bits per heavy atom. The molecule has 0 spiro atoms. The van der Waals surface area contributed by atoms with Gasteiger partial charge >= 0.3 is 5.82 Å². The summed E-state index contributed by atoms with van der Waals surface area (Å²) in [6.07, 6.45) is 4.31. The highest BCUT2D eigenvalue weighted by Crippen LogP contribution is 2.51. The Balaban J connectivity index is 1.16. The first-order chi connectivity index (χ1) is 32.8. The van der Waals surface area contributed by atoms with E-state index in [9.17, 15) is 0 Å². The molecular weight excluding hydrogens is 845 g/mol. The topological polar surface area (TPSA) is 30.8 Å². The van der Waals surface area contributed by atoms with E-state index >= 15 is 0 Å². The maximum absolute atomic E-state index is 7.10. The van der Waals surface area contributed by atoms with Crippen molar-refractivity contribution < 1.29 is 13.6 Å². The van der Waals surface area contributed by atoms with Crippen molar-refractivity contribution >= 4 is 73.7 Å². The number of para-hydroxylation sites is 5. The number of furan rings is 1. The van der Waals surface area contributed by atoms with E-state index in [1.165, 1.54) is 66.2 Å². The lowest BCUT2D eigenvalue weighted by Crippen LogP contribution is -2.54. The Hall–Kier alpha value is -7.28. The number of pyridine rings is 1. The van der Waals surface area contributed by atoms with Crippen molar-refractivity contribution in [1.82, 2.24) is 9.13 Å². The summed E-state index contributed by atoms with van der Waals surface area (Å²) in [5, 5.41) is 6.29. The minimum absolute atomic E-state index is 0.0190. The monoisotopic (exact) mass is 900 g/mol. The molecule has 0 saturated heterocycles. The van der Waals surface area contributed by atoms with Crippen LogP contribution in [0.15, 0.2) is 175 Å². The molecule has 13 rings (SSSR count). The van der Waals surface area contributed by atoms with Crippen LogP contribution < -0.4 is 14.3 Å². The molecule has 0 radical (unpaired) electrons. The summed E-state index contributed by atoms with van der Waals surface area (Å²) >= 11 is 0. The molecule has 4 aromatic heterocycles. The molecule has 332 valence electrons. The Morgan fingerprint density at radius 3 is 2.15 bits per heavy atom. The average molecular weight is 901 g/mol. The molecule has 2 aliphatic heterocycles. The van der Waals surface area contributed by atoms with Crippen LogP contribution in [0.3, 0.4) is 0 Å². The second kappa shape index (κ2) is 14.6. The zero-order valence-corrected chi connectivity index (χ0v) is 41.1. The zero-order chi connectivity index (χ0) is 46.4. The molecule has 68 heavy (non-hydrogen) atoms. The number of nitrogens with zero attached hydrogens (tertiary/aromatic N) is 4. The minimum Gasteiger partial charge on any atom is -0.455 e. The summed E-state index contributed by atoms with van der Waals surface area (Å²) in [6.45, 7) is 22.0. The maximum Gasteiger partial charge on any atom is 0.304 e. The summed E-state index contributed by atoms with van der Waals surface area (Å²) in [6, 6.07) is 58.7. The Kier molecular flexibility index (Phi) is 8.80. The largest absolute Gasteiger partial charge is 0.455 e. The normalized spacial score (nSPS) is 16.1. The SMILES string of the molecule is C=C1C2C(CCc3ccc4c(oc5ccccc54)c3-c3n1c1ccccc1[n+]3-c1ccc(C(C)(C)C)cc1)c1cc3c(cc1-c1cc(C)c([Si](C)(C)C)c[n+]12)c1ccccc1n3-c1ccccc1. The van der Waals surface area contributed by atoms with Gasteiger partial charge in [0.25, 0.3) is 0 Å². The maximum atomic E-state index is 7.10. The van der Waals surface area contributed by atoms with Crippen LogP contribution in [-0.4, -0.2) is 17.2 Å². The smallest absolute Gasteiger partial charge is 0.304 e. The zero-order valence-electron chi connectivity index (χ0n) is 40.1. The second-order valence-corrected chi connectivity index (χ2v) is 26.5. The van der Waals surface area contributed by atoms with Gasteiger partial charge in [0.1, 0.15) is 16.8 Å². The third kappa shape index (κ3) is 5.92. The van der Waals surface area contributed by atoms with Gasteiger partial charge in [0.15, 0.2) is 28.5 Å². The van der Waals surface area contributed by atoms with Crippen LogP contribution >= 0.6 is 0 Å². The number of rotatable bonds is 3. The van der Waals surface area contributed by atoms with Gasteiger partial charge < -0.3 is 8.98 Å². The highest BCUT2D eigenvalue weighted by atomic mass is 28.3. The summed E-state index contributed by atoms with van der Waals surface area (Å²) in [7, 11) is -1.80. The standard InChI is InChI=1S/C62H56N4OSi/c1-38-34-54-50-35-49-44-20-12-14-22-51(44)65(42-18-10-9-11-19-42)55(49)36-48(50)46-32-26-40-27-33-47-45-21-13-17-25-56(45)67-60(47)58(40)61-64(39(2)59(46)63(54)37-57(38)68(6,7)8)52-23-15-16-24-53(52)66(61)43-30-28-41(29-31-43)62(3,4)5/h9-25,27-31,33-37,46,59H,2,26,32H2,1,3-8H3/q+2. The van der Waals surface area contributed by atoms with Gasteiger partial charge in [-0.05, 0) is 115 Å². The molecule has 6 heteroatoms. The molecule has 11 aromatic rings. The summed E-state index contributed by atoms with van der Waals surface area (Å²) in [5.41, 5.74) is 18.9. The van der Waals surface area contributed by atoms with Gasteiger partial charge in [-0.2, -0.15) is 13.7 Å². The van der Waals surface area contributed by atoms with Gasteiger partial charge in [-0.3, -0.25) is 0 Å². The number of aryl methyl sites for hydroxylation is 2. The number of hydrogen-bond acceptors (Lipinski definition) is 1. The Labute approximate surface area is 398 Å². The first-order valence-electron chi connectivity index (χ1n) is 24.3. The Morgan fingerprint density at radius 2 is 1.38 bits per heavy atom. The first-order valence-corrected chi connectivity index (χ1v) is 27.8. The van der Waals surface area contributed by atoms with E-state index in [4.69, 9.17) is 11.0 Å². The molecule has 0 amide bonds. The predicted octanol–water partition coefficient (Wildman–Crippen LogP) is 14.4. The third-order valence-electron chi connectivity index (χ3n) is 15.3. The molecular formula is C62H56N4OSi+2. The van der Waals surface area contributed by atoms with Crippen LogP contribution in [0.5, 0.6) is 0 Å². The van der Waals surface area contributed by atoms with E-state index in [-0.39, 0.29) is 17.4 Å². The van der Waals surface area contributed by atoms with Crippen LogP contribution in [0.2, 0.25) is 19.6 Å². The Bertz CT molecular complexity index is 3910. The fraction of sp³-hybridized carbons (Fsp3) is 0.194. The molecule has 2 unspecified atom stereocenters. The molecule has 0 saturated carbocycles. The quantitative estimate of drug-likeness (QED) is 0.128. The fourth-order valence-corrected chi connectivity index (χ4v) is 13.9. The van der Waals surface area contributed by atoms with Gasteiger partial charge in [0.2, 0.25) is 11.7 Å². The van der Waals surface area contributed by atoms with Crippen molar-refractivity contribution in [2.45, 2.75) is 77.6 Å². The lowest BCUT2D eigenvalue weighted by molar-refractivity contribution is -0.704. The van der Waals surface area contributed by atoms with Gasteiger partial charge in [0.05, 0.1) is 30.6 Å². The molecule has 0 fully saturated rings. The lowest BCUT2D eigenvalue weighted by atomic mass is 9.78. The van der Waals surface area contributed by atoms with Crippen molar-refractivity contribution in [2.75, 3.05) is 0 Å². The van der Waals surface area contributed by atoms with Crippen LogP contribution in [0.1, 0.15) is 61.4 Å². The van der Waals surface area contributed by atoms with E-state index in [0.717, 1.165) is 68.6 Å². The fourth-order valence-electron chi connectivity index (χ4n) is 12.2. The molecule has 2 atom stereocenters. The van der Waals surface area contributed by atoms with E-state index in [0.29, 0.717) is 0 Å². The number of imidazole rings is 1. The molecule has 0 bridgehead atoms. The van der Waals surface area contributed by atoms with Crippen LogP contribution in [0.25, 0.3) is 94.5 Å². The molecule has 0 N–H and O–H groups in total. The molecule has 2 aliphatic rings. The number of fused-ring (bicyclic) bond motifs is 18. The highest BCUT2D eigenvalue weighted by molar-refractivity contribution is 6.89. The number of hydrogen-bond donors (Lipinski definition) is 0. The van der Waals surface area contributed by atoms with Crippen molar-refractivity contribution in [3.8, 4) is 34.0 Å². The average Bonchev–Trinajstić information content (AvgIpc) is 4.00. The van der Waals surface area contributed by atoms with Crippen molar-refractivity contribution in [3.63, 3.8) is 0 Å². The van der Waals surface area contributed by atoms with Crippen LogP contribution in [0.4, 0.5) is 0 Å². The summed E-state index contributed by atoms with van der Waals surface area (Å²) in [4.78, 5) is 0. The third-order valence-corrected chi connectivity index (χ3v) is 17.5. The molecule has 0 aliphatic carbocycles. The minimum atomic E-state index is -1.80. The van der Waals surface area contributed by atoms with Crippen molar-refractivity contribution in [1.29, 1.82) is 0 Å².